The molecule has 0 heterocycles. The van der Waals surface area contributed by atoms with E-state index >= 15 is 0 Å². The molecule has 0 amide bonds. The van der Waals surface area contributed by atoms with E-state index in [9.17, 15) is 0 Å². The fourth-order valence-electron chi connectivity index (χ4n) is 2.75. The van der Waals surface area contributed by atoms with Crippen molar-refractivity contribution in [3.63, 3.8) is 0 Å². The van der Waals surface area contributed by atoms with Crippen LogP contribution in [-0.2, 0) is 6.54 Å². The Labute approximate surface area is 127 Å². The molecule has 0 fully saturated rings. The van der Waals surface area contributed by atoms with Crippen LogP contribution in [-0.4, -0.2) is 6.54 Å². The number of hydrogen-bond acceptors (Lipinski definition) is 1. The molecule has 0 saturated carbocycles. The smallest absolute Gasteiger partial charge is 0.0487 e. The topological polar surface area (TPSA) is 12.0 Å². The summed E-state index contributed by atoms with van der Waals surface area (Å²) in [7, 11) is 0. The Hall–Kier alpha value is -1.31. The number of halogens is 1. The van der Waals surface area contributed by atoms with Gasteiger partial charge >= 0.3 is 0 Å². The maximum absolute atomic E-state index is 6.50. The molecule has 0 aromatic heterocycles. The highest BCUT2D eigenvalue weighted by Crippen LogP contribution is 2.34. The molecule has 1 N–H and O–H groups in total. The summed E-state index contributed by atoms with van der Waals surface area (Å²) in [6, 6.07) is 10.8. The zero-order chi connectivity index (χ0) is 14.7. The molecule has 0 unspecified atom stereocenters. The highest BCUT2D eigenvalue weighted by atomic mass is 35.5. The van der Waals surface area contributed by atoms with Gasteiger partial charge in [-0.1, -0.05) is 48.4 Å². The van der Waals surface area contributed by atoms with Gasteiger partial charge in [0.2, 0.25) is 0 Å². The van der Waals surface area contributed by atoms with Crippen molar-refractivity contribution in [2.75, 3.05) is 6.54 Å². The maximum Gasteiger partial charge on any atom is 0.0487 e. The van der Waals surface area contributed by atoms with Crippen LogP contribution in [0.3, 0.4) is 0 Å². The third kappa shape index (κ3) is 3.23. The van der Waals surface area contributed by atoms with Crippen LogP contribution in [0.2, 0.25) is 5.02 Å². The molecule has 20 heavy (non-hydrogen) atoms. The summed E-state index contributed by atoms with van der Waals surface area (Å²) in [5.41, 5.74) is 7.47. The summed E-state index contributed by atoms with van der Waals surface area (Å²) in [6.45, 7) is 10.4. The molecule has 0 spiro atoms. The lowest BCUT2D eigenvalue weighted by atomic mass is 9.93. The molecule has 2 aromatic rings. The first-order chi connectivity index (χ1) is 9.52. The molecule has 0 aliphatic carbocycles. The molecule has 0 bridgehead atoms. The fourth-order valence-corrected chi connectivity index (χ4v) is 3.04. The Morgan fingerprint density at radius 1 is 1.00 bits per heavy atom. The quantitative estimate of drug-likeness (QED) is 0.830. The molecule has 0 saturated heterocycles. The number of benzene rings is 2. The third-order valence-electron chi connectivity index (χ3n) is 3.56. The zero-order valence-electron chi connectivity index (χ0n) is 12.7. The standard InChI is InChI=1S/C18H22ClN/c1-5-20-11-15-6-7-16(17(19)10-15)18-13(3)8-12(2)9-14(18)4/h6-10,20H,5,11H2,1-4H3. The van der Waals surface area contributed by atoms with Gasteiger partial charge in [-0.15, -0.1) is 0 Å². The van der Waals surface area contributed by atoms with Crippen LogP contribution in [0.4, 0.5) is 0 Å². The highest BCUT2D eigenvalue weighted by molar-refractivity contribution is 6.33. The van der Waals surface area contributed by atoms with Gasteiger partial charge in [0.1, 0.15) is 0 Å². The van der Waals surface area contributed by atoms with Crippen molar-refractivity contribution in [3.05, 3.63) is 57.6 Å². The largest absolute Gasteiger partial charge is 0.313 e. The first kappa shape index (κ1) is 15.1. The van der Waals surface area contributed by atoms with Gasteiger partial charge in [-0.3, -0.25) is 0 Å². The SMILES string of the molecule is CCNCc1ccc(-c2c(C)cc(C)cc2C)c(Cl)c1. The van der Waals surface area contributed by atoms with Gasteiger partial charge < -0.3 is 5.32 Å². The van der Waals surface area contributed by atoms with Gasteiger partial charge in [0.15, 0.2) is 0 Å². The van der Waals surface area contributed by atoms with Crippen LogP contribution < -0.4 is 5.32 Å². The molecular formula is C18H22ClN. The summed E-state index contributed by atoms with van der Waals surface area (Å²) in [4.78, 5) is 0. The van der Waals surface area contributed by atoms with E-state index in [0.717, 1.165) is 23.7 Å². The van der Waals surface area contributed by atoms with Crippen LogP contribution in [0, 0.1) is 20.8 Å². The minimum absolute atomic E-state index is 0.829. The van der Waals surface area contributed by atoms with E-state index in [1.807, 2.05) is 0 Å². The van der Waals surface area contributed by atoms with Gasteiger partial charge in [0.05, 0.1) is 0 Å². The lowest BCUT2D eigenvalue weighted by molar-refractivity contribution is 0.727. The minimum Gasteiger partial charge on any atom is -0.313 e. The average Bonchev–Trinajstić information content (AvgIpc) is 2.37. The number of aryl methyl sites for hydroxylation is 3. The summed E-state index contributed by atoms with van der Waals surface area (Å²) in [6.07, 6.45) is 0. The lowest BCUT2D eigenvalue weighted by Gasteiger charge is -2.14. The number of hydrogen-bond donors (Lipinski definition) is 1. The summed E-state index contributed by atoms with van der Waals surface area (Å²) >= 11 is 6.50. The van der Waals surface area contributed by atoms with E-state index in [4.69, 9.17) is 11.6 Å². The Morgan fingerprint density at radius 2 is 1.65 bits per heavy atom. The van der Waals surface area contributed by atoms with Crippen molar-refractivity contribution in [2.45, 2.75) is 34.2 Å². The Balaban J connectivity index is 2.44. The monoisotopic (exact) mass is 287 g/mol. The summed E-state index contributed by atoms with van der Waals surface area (Å²) in [5.74, 6) is 0. The van der Waals surface area contributed by atoms with Crippen LogP contribution >= 0.6 is 11.6 Å². The predicted molar refractivity (Wildman–Crippen MR) is 88.5 cm³/mol. The van der Waals surface area contributed by atoms with E-state index in [2.05, 4.69) is 63.3 Å². The molecule has 0 atom stereocenters. The Bertz CT molecular complexity index is 594. The summed E-state index contributed by atoms with van der Waals surface area (Å²) in [5, 5.41) is 4.15. The van der Waals surface area contributed by atoms with Crippen molar-refractivity contribution < 1.29 is 0 Å². The highest BCUT2D eigenvalue weighted by Gasteiger charge is 2.10. The van der Waals surface area contributed by atoms with Gasteiger partial charge in [-0.2, -0.15) is 0 Å². The molecule has 2 aromatic carbocycles. The average molecular weight is 288 g/mol. The van der Waals surface area contributed by atoms with Crippen LogP contribution in [0.1, 0.15) is 29.2 Å². The number of nitrogens with one attached hydrogen (secondary N) is 1. The molecule has 0 aliphatic rings. The molecular weight excluding hydrogens is 266 g/mol. The molecule has 106 valence electrons. The molecule has 0 radical (unpaired) electrons. The maximum atomic E-state index is 6.50. The lowest BCUT2D eigenvalue weighted by Crippen LogP contribution is -2.11. The molecule has 1 nitrogen and oxygen atoms in total. The Morgan fingerprint density at radius 3 is 2.20 bits per heavy atom. The van der Waals surface area contributed by atoms with Crippen LogP contribution in [0.25, 0.3) is 11.1 Å². The van der Waals surface area contributed by atoms with Crippen molar-refractivity contribution >= 4 is 11.6 Å². The summed E-state index contributed by atoms with van der Waals surface area (Å²) < 4.78 is 0. The van der Waals surface area contributed by atoms with Crippen LogP contribution in [0.15, 0.2) is 30.3 Å². The van der Waals surface area contributed by atoms with Crippen molar-refractivity contribution in [3.8, 4) is 11.1 Å². The zero-order valence-corrected chi connectivity index (χ0v) is 13.4. The minimum atomic E-state index is 0.829. The fraction of sp³-hybridized carbons (Fsp3) is 0.333. The number of rotatable bonds is 4. The first-order valence-corrected chi connectivity index (χ1v) is 7.48. The Kier molecular flexibility index (Phi) is 4.85. The van der Waals surface area contributed by atoms with E-state index in [1.165, 1.54) is 27.8 Å². The molecule has 2 heteroatoms. The molecule has 2 rings (SSSR count). The van der Waals surface area contributed by atoms with E-state index in [0.29, 0.717) is 0 Å². The van der Waals surface area contributed by atoms with E-state index in [-0.39, 0.29) is 0 Å². The first-order valence-electron chi connectivity index (χ1n) is 7.10. The predicted octanol–water partition coefficient (Wildman–Crippen LogP) is 5.04. The van der Waals surface area contributed by atoms with Crippen molar-refractivity contribution in [1.29, 1.82) is 0 Å². The van der Waals surface area contributed by atoms with Gasteiger partial charge in [-0.05, 0) is 55.6 Å². The second-order valence-electron chi connectivity index (χ2n) is 5.37. The third-order valence-corrected chi connectivity index (χ3v) is 3.87. The van der Waals surface area contributed by atoms with E-state index < -0.39 is 0 Å². The second-order valence-corrected chi connectivity index (χ2v) is 5.78. The normalized spacial score (nSPS) is 10.8. The van der Waals surface area contributed by atoms with Crippen LogP contribution in [0.5, 0.6) is 0 Å². The second kappa shape index (κ2) is 6.43. The van der Waals surface area contributed by atoms with Crippen molar-refractivity contribution in [2.24, 2.45) is 0 Å². The molecule has 0 aliphatic heterocycles. The van der Waals surface area contributed by atoms with Gasteiger partial charge in [0, 0.05) is 17.1 Å². The van der Waals surface area contributed by atoms with Gasteiger partial charge in [-0.25, -0.2) is 0 Å². The van der Waals surface area contributed by atoms with E-state index in [1.54, 1.807) is 0 Å². The van der Waals surface area contributed by atoms with Crippen molar-refractivity contribution in [1.82, 2.24) is 5.32 Å². The van der Waals surface area contributed by atoms with Gasteiger partial charge in [0.25, 0.3) is 0 Å².